The molecule has 212 valence electrons. The van der Waals surface area contributed by atoms with Crippen LogP contribution in [0.3, 0.4) is 0 Å². The van der Waals surface area contributed by atoms with Crippen molar-refractivity contribution in [2.45, 2.75) is 50.4 Å². The van der Waals surface area contributed by atoms with E-state index in [1.165, 1.54) is 13.2 Å². The average molecular weight is 543 g/mol. The molecule has 3 amide bonds. The van der Waals surface area contributed by atoms with Crippen molar-refractivity contribution >= 4 is 12.1 Å². The van der Waals surface area contributed by atoms with Gasteiger partial charge in [0.15, 0.2) is 0 Å². The minimum absolute atomic E-state index is 0.173. The van der Waals surface area contributed by atoms with Gasteiger partial charge in [0.05, 0.1) is 18.8 Å². The van der Waals surface area contributed by atoms with E-state index >= 15 is 4.39 Å². The zero-order chi connectivity index (χ0) is 28.2. The Morgan fingerprint density at radius 2 is 1.95 bits per heavy atom. The fraction of sp³-hybridized carbons (Fsp3) is 0.517. The summed E-state index contributed by atoms with van der Waals surface area (Å²) in [6, 6.07) is 11.5. The number of aliphatic hydroxyl groups is 2. The van der Waals surface area contributed by atoms with E-state index in [0.29, 0.717) is 42.5 Å². The predicted octanol–water partition coefficient (Wildman–Crippen LogP) is 2.96. The molecule has 0 aromatic heterocycles. The summed E-state index contributed by atoms with van der Waals surface area (Å²) in [5, 5.41) is 25.2. The molecule has 0 radical (unpaired) electrons. The number of halogens is 1. The molecule has 0 spiro atoms. The van der Waals surface area contributed by atoms with E-state index in [0.717, 1.165) is 5.56 Å². The van der Waals surface area contributed by atoms with Gasteiger partial charge in [-0.1, -0.05) is 42.0 Å². The molecule has 4 atom stereocenters. The van der Waals surface area contributed by atoms with Gasteiger partial charge in [0.25, 0.3) is 0 Å². The molecular weight excluding hydrogens is 503 g/mol. The number of piperidine rings is 1. The summed E-state index contributed by atoms with van der Waals surface area (Å²) in [5.41, 5.74) is 6.87. The summed E-state index contributed by atoms with van der Waals surface area (Å²) < 4.78 is 20.2. The number of benzene rings is 2. The Labute approximate surface area is 228 Å². The van der Waals surface area contributed by atoms with Crippen molar-refractivity contribution in [3.05, 3.63) is 59.4 Å². The number of nitrogens with two attached hydrogens (primary N) is 1. The minimum Gasteiger partial charge on any atom is -0.453 e. The van der Waals surface area contributed by atoms with Crippen LogP contribution in [0, 0.1) is 18.7 Å². The molecule has 2 saturated heterocycles. The number of likely N-dealkylation sites (tertiary alicyclic amines) is 2. The standard InChI is InChI=1S/C29H39FN4O5/c1-19-7-3-8-20(15-19)26-22(10-4-11-23(26)30)29(38,12-6-13-32-27(36)39-2)21-9-5-14-33(16-21)28(37)34-17-24(31)25(35)18-34/h3-4,7-8,10-11,15,21,24-25,35,38H,5-6,9,12-14,16-18,31H2,1-2H3,(H,32,36)/t21-,24-,25+,29-/m1/s1. The Bertz CT molecular complexity index is 1170. The quantitative estimate of drug-likeness (QED) is 0.399. The maximum atomic E-state index is 15.5. The van der Waals surface area contributed by atoms with Crippen LogP contribution in [0.15, 0.2) is 42.5 Å². The molecule has 9 nitrogen and oxygen atoms in total. The van der Waals surface area contributed by atoms with Crippen molar-refractivity contribution < 1.29 is 28.9 Å². The van der Waals surface area contributed by atoms with E-state index in [1.54, 1.807) is 21.9 Å². The number of hydrogen-bond acceptors (Lipinski definition) is 6. The molecule has 2 aliphatic heterocycles. The number of amides is 3. The van der Waals surface area contributed by atoms with Gasteiger partial charge in [-0.15, -0.1) is 0 Å². The second kappa shape index (κ2) is 12.3. The van der Waals surface area contributed by atoms with Crippen LogP contribution in [-0.2, 0) is 10.3 Å². The number of hydrogen-bond donors (Lipinski definition) is 4. The number of ether oxygens (including phenoxy) is 1. The van der Waals surface area contributed by atoms with Crippen molar-refractivity contribution in [2.75, 3.05) is 39.8 Å². The molecule has 2 aliphatic rings. The topological polar surface area (TPSA) is 128 Å². The van der Waals surface area contributed by atoms with Gasteiger partial charge in [0.2, 0.25) is 0 Å². The van der Waals surface area contributed by atoms with Crippen LogP contribution in [0.4, 0.5) is 14.0 Å². The molecule has 5 N–H and O–H groups in total. The average Bonchev–Trinajstić information content (AvgIpc) is 3.28. The number of β-amino-alcohol motifs (C(OH)–C–C–N with tert-alkyl or cyclic N) is 1. The Balaban J connectivity index is 1.67. The van der Waals surface area contributed by atoms with Gasteiger partial charge >= 0.3 is 12.1 Å². The van der Waals surface area contributed by atoms with Crippen LogP contribution < -0.4 is 11.1 Å². The number of alkyl carbamates (subject to hydrolysis) is 1. The SMILES string of the molecule is COC(=O)NCCC[C@](O)(c1cccc(F)c1-c1cccc(C)c1)[C@@H]1CCCN(C(=O)N2C[C@@H](N)[C@@H](O)C2)C1. The molecule has 2 aromatic carbocycles. The van der Waals surface area contributed by atoms with E-state index in [1.807, 2.05) is 31.2 Å². The monoisotopic (exact) mass is 542 g/mol. The third-order valence-electron chi connectivity index (χ3n) is 7.95. The summed E-state index contributed by atoms with van der Waals surface area (Å²) in [5.74, 6) is -0.826. The van der Waals surface area contributed by atoms with E-state index in [2.05, 4.69) is 10.1 Å². The van der Waals surface area contributed by atoms with Gasteiger partial charge in [0, 0.05) is 50.2 Å². The molecule has 10 heteroatoms. The molecular formula is C29H39FN4O5. The lowest BCUT2D eigenvalue weighted by atomic mass is 9.72. The van der Waals surface area contributed by atoms with Crippen molar-refractivity contribution in [2.24, 2.45) is 11.7 Å². The van der Waals surface area contributed by atoms with Crippen LogP contribution >= 0.6 is 0 Å². The highest BCUT2D eigenvalue weighted by molar-refractivity contribution is 5.75. The van der Waals surface area contributed by atoms with Gasteiger partial charge in [-0.3, -0.25) is 0 Å². The number of carbonyl (C=O) groups is 2. The Kier molecular flexibility index (Phi) is 9.09. The zero-order valence-electron chi connectivity index (χ0n) is 22.6. The highest BCUT2D eigenvalue weighted by atomic mass is 19.1. The number of rotatable bonds is 7. The minimum atomic E-state index is -1.49. The van der Waals surface area contributed by atoms with Crippen LogP contribution in [0.2, 0.25) is 0 Å². The van der Waals surface area contributed by atoms with E-state index in [9.17, 15) is 19.8 Å². The van der Waals surface area contributed by atoms with Crippen molar-refractivity contribution in [1.29, 1.82) is 0 Å². The molecule has 0 saturated carbocycles. The number of carbonyl (C=O) groups excluding carboxylic acids is 2. The van der Waals surface area contributed by atoms with Crippen LogP contribution in [0.25, 0.3) is 11.1 Å². The number of aryl methyl sites for hydroxylation is 1. The second-order valence-corrected chi connectivity index (χ2v) is 10.7. The first-order valence-electron chi connectivity index (χ1n) is 13.5. The lowest BCUT2D eigenvalue weighted by molar-refractivity contribution is -0.0562. The van der Waals surface area contributed by atoms with Crippen molar-refractivity contribution in [3.63, 3.8) is 0 Å². The maximum absolute atomic E-state index is 15.5. The van der Waals surface area contributed by atoms with Crippen molar-refractivity contribution in [3.8, 4) is 11.1 Å². The van der Waals surface area contributed by atoms with Crippen LogP contribution in [0.1, 0.15) is 36.8 Å². The smallest absolute Gasteiger partial charge is 0.406 e. The van der Waals surface area contributed by atoms with Gasteiger partial charge < -0.3 is 35.8 Å². The fourth-order valence-electron chi connectivity index (χ4n) is 5.87. The highest BCUT2D eigenvalue weighted by Crippen LogP contribution is 2.44. The summed E-state index contributed by atoms with van der Waals surface area (Å²) in [7, 11) is 1.28. The van der Waals surface area contributed by atoms with Gasteiger partial charge in [-0.05, 0) is 49.8 Å². The summed E-state index contributed by atoms with van der Waals surface area (Å²) in [4.78, 5) is 28.2. The van der Waals surface area contributed by atoms with Crippen LogP contribution in [0.5, 0.6) is 0 Å². The maximum Gasteiger partial charge on any atom is 0.406 e. The molecule has 4 rings (SSSR count). The molecule has 0 bridgehead atoms. The lowest BCUT2D eigenvalue weighted by Gasteiger charge is -2.44. The fourth-order valence-corrected chi connectivity index (χ4v) is 5.87. The Morgan fingerprint density at radius 1 is 1.18 bits per heavy atom. The summed E-state index contributed by atoms with van der Waals surface area (Å²) >= 11 is 0. The second-order valence-electron chi connectivity index (χ2n) is 10.7. The first kappa shape index (κ1) is 28.8. The highest BCUT2D eigenvalue weighted by Gasteiger charge is 2.44. The molecule has 2 aromatic rings. The molecule has 0 aliphatic carbocycles. The van der Waals surface area contributed by atoms with Gasteiger partial charge in [-0.25, -0.2) is 14.0 Å². The van der Waals surface area contributed by atoms with Gasteiger partial charge in [0.1, 0.15) is 5.82 Å². The first-order chi connectivity index (χ1) is 18.6. The molecule has 0 unspecified atom stereocenters. The summed E-state index contributed by atoms with van der Waals surface area (Å²) in [6.07, 6.45) is 0.614. The largest absolute Gasteiger partial charge is 0.453 e. The number of methoxy groups -OCH3 is 1. The van der Waals surface area contributed by atoms with Gasteiger partial charge in [-0.2, -0.15) is 0 Å². The van der Waals surface area contributed by atoms with Crippen molar-refractivity contribution in [1.82, 2.24) is 15.1 Å². The zero-order valence-corrected chi connectivity index (χ0v) is 22.6. The summed E-state index contributed by atoms with van der Waals surface area (Å²) in [6.45, 7) is 3.43. The predicted molar refractivity (Wildman–Crippen MR) is 145 cm³/mol. The lowest BCUT2D eigenvalue weighted by Crippen LogP contribution is -2.52. The number of nitrogens with one attached hydrogen (secondary N) is 1. The number of nitrogens with zero attached hydrogens (tertiary/aromatic N) is 2. The molecule has 39 heavy (non-hydrogen) atoms. The normalized spacial score (nSPS) is 22.9. The van der Waals surface area contributed by atoms with E-state index in [-0.39, 0.29) is 44.5 Å². The Morgan fingerprint density at radius 3 is 2.64 bits per heavy atom. The number of aliphatic hydroxyl groups excluding tert-OH is 1. The Hall–Kier alpha value is -3.21. The van der Waals surface area contributed by atoms with E-state index in [4.69, 9.17) is 5.73 Å². The third kappa shape index (κ3) is 6.34. The van der Waals surface area contributed by atoms with Crippen LogP contribution in [-0.4, -0.2) is 84.1 Å². The third-order valence-corrected chi connectivity index (χ3v) is 7.95. The molecule has 2 fully saturated rings. The first-order valence-corrected chi connectivity index (χ1v) is 13.5. The molecule has 2 heterocycles. The number of urea groups is 1. The van der Waals surface area contributed by atoms with E-state index < -0.39 is 29.7 Å².